The van der Waals surface area contributed by atoms with Crippen molar-refractivity contribution in [1.82, 2.24) is 14.8 Å². The van der Waals surface area contributed by atoms with Crippen molar-refractivity contribution in [2.75, 3.05) is 5.32 Å². The molecule has 8 nitrogen and oxygen atoms in total. The first-order valence-electron chi connectivity index (χ1n) is 12.6. The van der Waals surface area contributed by atoms with Crippen LogP contribution in [0.2, 0.25) is 0 Å². The molecule has 0 saturated heterocycles. The number of carbonyl (C=O) groups excluding carboxylic acids is 2. The number of aromatic nitrogens is 3. The molecular formula is C31H26N6O2S. The standard InChI is InChI=1S/C31H26N6O2S/c1-22-18-20-24(21-19-22)28-34-35-30(37(28)27-16-10-5-11-17-27)40-31(23(2)38,36-33-26-14-8-4-9-15-26)29(39)32-25-12-6-3-7-13-25/h3-21H,1-2H3,(H,32,39). The second-order valence-corrected chi connectivity index (χ2v) is 10.2. The molecule has 0 aliphatic carbocycles. The number of para-hydroxylation sites is 2. The minimum Gasteiger partial charge on any atom is -0.323 e. The quantitative estimate of drug-likeness (QED) is 0.121. The summed E-state index contributed by atoms with van der Waals surface area (Å²) < 4.78 is 1.82. The first-order valence-corrected chi connectivity index (χ1v) is 13.4. The molecule has 9 heteroatoms. The van der Waals surface area contributed by atoms with E-state index in [9.17, 15) is 9.59 Å². The van der Waals surface area contributed by atoms with E-state index in [1.165, 1.54) is 6.92 Å². The molecule has 1 aromatic heterocycles. The van der Waals surface area contributed by atoms with Gasteiger partial charge in [0, 0.05) is 16.9 Å². The van der Waals surface area contributed by atoms with Crippen molar-refractivity contribution >= 4 is 34.8 Å². The molecule has 1 amide bonds. The Morgan fingerprint density at radius 2 is 1.40 bits per heavy atom. The third kappa shape index (κ3) is 5.74. The van der Waals surface area contributed by atoms with Gasteiger partial charge in [-0.15, -0.1) is 10.2 Å². The van der Waals surface area contributed by atoms with Gasteiger partial charge >= 0.3 is 0 Å². The fourth-order valence-electron chi connectivity index (χ4n) is 3.94. The highest BCUT2D eigenvalue weighted by atomic mass is 32.2. The Morgan fingerprint density at radius 1 is 0.800 bits per heavy atom. The maximum Gasteiger partial charge on any atom is 0.273 e. The summed E-state index contributed by atoms with van der Waals surface area (Å²) in [6.07, 6.45) is 0. The van der Waals surface area contributed by atoms with Gasteiger partial charge in [0.2, 0.25) is 0 Å². The number of rotatable bonds is 9. The van der Waals surface area contributed by atoms with Crippen LogP contribution in [0.4, 0.5) is 11.4 Å². The average molecular weight is 547 g/mol. The number of thioether (sulfide) groups is 1. The van der Waals surface area contributed by atoms with Crippen molar-refractivity contribution in [1.29, 1.82) is 0 Å². The lowest BCUT2D eigenvalue weighted by atomic mass is 10.1. The van der Waals surface area contributed by atoms with Crippen LogP contribution in [0.3, 0.4) is 0 Å². The van der Waals surface area contributed by atoms with Crippen LogP contribution >= 0.6 is 11.8 Å². The number of Topliss-reactive ketones (excluding diaryl/α,β-unsaturated/α-hetero) is 1. The van der Waals surface area contributed by atoms with Crippen LogP contribution in [0, 0.1) is 6.92 Å². The summed E-state index contributed by atoms with van der Waals surface area (Å²) in [6, 6.07) is 35.3. The predicted molar refractivity (Wildman–Crippen MR) is 157 cm³/mol. The van der Waals surface area contributed by atoms with Gasteiger partial charge in [0.15, 0.2) is 16.8 Å². The van der Waals surface area contributed by atoms with Crippen LogP contribution in [0.5, 0.6) is 0 Å². The topological polar surface area (TPSA) is 102 Å². The van der Waals surface area contributed by atoms with Gasteiger partial charge in [0.05, 0.1) is 5.69 Å². The predicted octanol–water partition coefficient (Wildman–Crippen LogP) is 7.04. The summed E-state index contributed by atoms with van der Waals surface area (Å²) in [5.41, 5.74) is 3.75. The maximum absolute atomic E-state index is 13.9. The molecule has 4 aromatic carbocycles. The zero-order valence-corrected chi connectivity index (χ0v) is 22.7. The molecule has 1 atom stereocenters. The Hall–Kier alpha value is -4.89. The maximum atomic E-state index is 13.9. The lowest BCUT2D eigenvalue weighted by Gasteiger charge is -2.24. The van der Waals surface area contributed by atoms with E-state index in [-0.39, 0.29) is 0 Å². The average Bonchev–Trinajstić information content (AvgIpc) is 3.40. The third-order valence-electron chi connectivity index (χ3n) is 6.08. The van der Waals surface area contributed by atoms with Gasteiger partial charge in [-0.05, 0) is 62.0 Å². The molecule has 0 bridgehead atoms. The molecule has 0 radical (unpaired) electrons. The van der Waals surface area contributed by atoms with Crippen molar-refractivity contribution in [3.8, 4) is 17.1 Å². The molecule has 1 N–H and O–H groups in total. The van der Waals surface area contributed by atoms with Gasteiger partial charge in [-0.1, -0.05) is 84.4 Å². The van der Waals surface area contributed by atoms with E-state index in [0.717, 1.165) is 28.6 Å². The zero-order chi connectivity index (χ0) is 28.0. The number of ketones is 1. The number of hydrogen-bond donors (Lipinski definition) is 1. The fourth-order valence-corrected chi connectivity index (χ4v) is 4.94. The van der Waals surface area contributed by atoms with Crippen molar-refractivity contribution < 1.29 is 9.59 Å². The van der Waals surface area contributed by atoms with Crippen LogP contribution in [-0.4, -0.2) is 31.3 Å². The van der Waals surface area contributed by atoms with Crippen LogP contribution in [-0.2, 0) is 9.59 Å². The Balaban J connectivity index is 1.65. The van der Waals surface area contributed by atoms with E-state index >= 15 is 0 Å². The number of nitrogens with zero attached hydrogens (tertiary/aromatic N) is 5. The van der Waals surface area contributed by atoms with Crippen molar-refractivity contribution in [3.05, 3.63) is 121 Å². The number of amides is 1. The van der Waals surface area contributed by atoms with E-state index in [2.05, 4.69) is 25.7 Å². The van der Waals surface area contributed by atoms with Gasteiger partial charge < -0.3 is 5.32 Å². The van der Waals surface area contributed by atoms with Gasteiger partial charge in [-0.2, -0.15) is 10.2 Å². The minimum absolute atomic E-state index is 0.312. The van der Waals surface area contributed by atoms with Crippen molar-refractivity contribution in [2.24, 2.45) is 10.2 Å². The van der Waals surface area contributed by atoms with Crippen LogP contribution in [0.1, 0.15) is 12.5 Å². The highest BCUT2D eigenvalue weighted by Gasteiger charge is 2.47. The summed E-state index contributed by atoms with van der Waals surface area (Å²) in [5.74, 6) is -0.588. The van der Waals surface area contributed by atoms with E-state index in [1.54, 1.807) is 48.5 Å². The van der Waals surface area contributed by atoms with Crippen molar-refractivity contribution in [3.63, 3.8) is 0 Å². The Labute approximate surface area is 236 Å². The molecule has 0 saturated carbocycles. The molecule has 0 spiro atoms. The number of azo groups is 1. The smallest absolute Gasteiger partial charge is 0.273 e. The SMILES string of the molecule is CC(=O)C(N=Nc1ccccc1)(Sc1nnc(-c2ccc(C)cc2)n1-c1ccccc1)C(=O)Nc1ccccc1. The second-order valence-electron chi connectivity index (χ2n) is 9.00. The molecule has 40 heavy (non-hydrogen) atoms. The van der Waals surface area contributed by atoms with Gasteiger partial charge in [0.1, 0.15) is 0 Å². The first-order chi connectivity index (χ1) is 19.5. The number of carbonyl (C=O) groups is 2. The van der Waals surface area contributed by atoms with E-state index < -0.39 is 16.6 Å². The summed E-state index contributed by atoms with van der Waals surface area (Å²) in [4.78, 5) is 25.3. The molecule has 5 aromatic rings. The normalized spacial score (nSPS) is 12.7. The lowest BCUT2D eigenvalue weighted by molar-refractivity contribution is -0.127. The van der Waals surface area contributed by atoms with Crippen LogP contribution < -0.4 is 5.32 Å². The minimum atomic E-state index is -1.99. The Kier molecular flexibility index (Phi) is 7.93. The van der Waals surface area contributed by atoms with Crippen LogP contribution in [0.25, 0.3) is 17.1 Å². The number of anilines is 1. The van der Waals surface area contributed by atoms with E-state index in [4.69, 9.17) is 0 Å². The number of aryl methyl sites for hydroxylation is 1. The molecule has 0 aliphatic rings. The van der Waals surface area contributed by atoms with Crippen molar-refractivity contribution in [2.45, 2.75) is 23.9 Å². The van der Waals surface area contributed by atoms with E-state index in [0.29, 0.717) is 22.4 Å². The van der Waals surface area contributed by atoms with Gasteiger partial charge in [-0.25, -0.2) is 0 Å². The highest BCUT2D eigenvalue weighted by molar-refractivity contribution is 8.02. The summed E-state index contributed by atoms with van der Waals surface area (Å²) in [5, 5.41) is 20.8. The molecule has 198 valence electrons. The summed E-state index contributed by atoms with van der Waals surface area (Å²) in [6.45, 7) is 3.34. The monoisotopic (exact) mass is 546 g/mol. The number of nitrogens with one attached hydrogen (secondary N) is 1. The Morgan fingerprint density at radius 3 is 2.02 bits per heavy atom. The molecule has 5 rings (SSSR count). The van der Waals surface area contributed by atoms with Gasteiger partial charge in [0.25, 0.3) is 10.8 Å². The van der Waals surface area contributed by atoms with E-state index in [1.807, 2.05) is 78.2 Å². The fraction of sp³-hybridized carbons (Fsp3) is 0.0968. The number of hydrogen-bond acceptors (Lipinski definition) is 7. The first kappa shape index (κ1) is 26.7. The Bertz CT molecular complexity index is 1640. The number of benzene rings is 4. The molecule has 1 unspecified atom stereocenters. The lowest BCUT2D eigenvalue weighted by Crippen LogP contribution is -2.44. The zero-order valence-electron chi connectivity index (χ0n) is 21.9. The molecule has 0 aliphatic heterocycles. The highest BCUT2D eigenvalue weighted by Crippen LogP contribution is 2.39. The third-order valence-corrected chi connectivity index (χ3v) is 7.37. The second kappa shape index (κ2) is 11.9. The van der Waals surface area contributed by atoms with Gasteiger partial charge in [-0.3, -0.25) is 14.2 Å². The largest absolute Gasteiger partial charge is 0.323 e. The summed E-state index contributed by atoms with van der Waals surface area (Å²) >= 11 is 0.898. The molecule has 1 heterocycles. The molecule has 0 fully saturated rings. The van der Waals surface area contributed by atoms with Crippen LogP contribution in [0.15, 0.2) is 131 Å². The summed E-state index contributed by atoms with van der Waals surface area (Å²) in [7, 11) is 0. The molecular weight excluding hydrogens is 520 g/mol.